The van der Waals surface area contributed by atoms with Crippen LogP contribution in [-0.2, 0) is 32.7 Å². The first kappa shape index (κ1) is 75.4. The highest BCUT2D eigenvalue weighted by molar-refractivity contribution is 7.47. The summed E-state index contributed by atoms with van der Waals surface area (Å²) in [6.07, 6.45) is 88.4. The van der Waals surface area contributed by atoms with Gasteiger partial charge in [0.2, 0.25) is 0 Å². The SMILES string of the molecule is CC/C=C\C/C=C\C/C=C\C/C=C\C/C=C\C/C=C\C/C=C\C/C=C\CCCCCCCCCCCCCCCCC(=O)OC(COC(=O)CCCCCCCCCCC/C=C\C/C=C\CCCCC)COP(=O)(O)OCCN. The van der Waals surface area contributed by atoms with Gasteiger partial charge >= 0.3 is 19.8 Å². The highest BCUT2D eigenvalue weighted by Gasteiger charge is 2.26. The summed E-state index contributed by atoms with van der Waals surface area (Å²) in [6, 6.07) is 0. The van der Waals surface area contributed by atoms with Crippen LogP contribution in [0, 0.1) is 0 Å². The Kier molecular flexibility index (Phi) is 60.7. The summed E-state index contributed by atoms with van der Waals surface area (Å²) in [5.74, 6) is -0.832. The van der Waals surface area contributed by atoms with E-state index in [-0.39, 0.29) is 38.6 Å². The number of unbranched alkanes of at least 4 members (excludes halogenated alkanes) is 26. The lowest BCUT2D eigenvalue weighted by molar-refractivity contribution is -0.161. The van der Waals surface area contributed by atoms with Gasteiger partial charge in [0.25, 0.3) is 0 Å². The van der Waals surface area contributed by atoms with Crippen LogP contribution >= 0.6 is 7.82 Å². The van der Waals surface area contributed by atoms with Gasteiger partial charge in [0.05, 0.1) is 13.2 Å². The molecule has 0 rings (SSSR count). The summed E-state index contributed by atoms with van der Waals surface area (Å²) in [5.41, 5.74) is 5.39. The summed E-state index contributed by atoms with van der Waals surface area (Å²) in [5, 5.41) is 0. The van der Waals surface area contributed by atoms with E-state index in [0.29, 0.717) is 6.42 Å². The number of rotatable bonds is 59. The quantitative estimate of drug-likeness (QED) is 0.0264. The van der Waals surface area contributed by atoms with E-state index in [1.54, 1.807) is 0 Å². The second-order valence-electron chi connectivity index (χ2n) is 20.9. The van der Waals surface area contributed by atoms with Gasteiger partial charge < -0.3 is 20.1 Å². The van der Waals surface area contributed by atoms with Gasteiger partial charge in [-0.1, -0.05) is 270 Å². The van der Waals surface area contributed by atoms with Crippen LogP contribution in [0.25, 0.3) is 0 Å². The summed E-state index contributed by atoms with van der Waals surface area (Å²) >= 11 is 0. The fourth-order valence-corrected chi connectivity index (χ4v) is 9.39. The zero-order valence-electron chi connectivity index (χ0n) is 50.6. The maximum atomic E-state index is 12.7. The molecule has 0 amide bonds. The molecule has 0 saturated carbocycles. The number of phosphoric ester groups is 1. The Hall–Kier alpha value is -3.59. The standard InChI is InChI=1S/C69H118NO8P/c1-3-5-7-9-11-13-15-17-19-21-23-24-25-26-27-28-29-30-31-32-33-34-35-36-37-38-39-40-41-42-44-46-48-50-52-54-56-58-60-62-69(72)78-67(66-77-79(73,74)76-64-63-70)65-75-68(71)61-59-57-55-53-51-49-47-45-43-22-20-18-16-14-12-10-8-6-4-2/h5,7,11-14,17-20,23-24,26-27,29-30,32-33,35-36,67H,3-4,6,8-10,15-16,21-22,25,28,31,34,37-66,70H2,1-2H3,(H,73,74)/b7-5-,13-11-,14-12-,19-17-,20-18-,24-23-,27-26-,30-29-,33-32-,36-35-. The third-order valence-electron chi connectivity index (χ3n) is 13.3. The average molecular weight is 1120 g/mol. The van der Waals surface area contributed by atoms with Gasteiger partial charge in [-0.25, -0.2) is 4.57 Å². The van der Waals surface area contributed by atoms with Crippen LogP contribution in [0.4, 0.5) is 0 Å². The molecule has 2 atom stereocenters. The van der Waals surface area contributed by atoms with Crippen LogP contribution in [0.15, 0.2) is 122 Å². The molecule has 2 unspecified atom stereocenters. The Morgan fingerprint density at radius 1 is 0.392 bits per heavy atom. The number of hydrogen-bond acceptors (Lipinski definition) is 8. The van der Waals surface area contributed by atoms with Crippen LogP contribution in [0.2, 0.25) is 0 Å². The Labute approximate surface area is 485 Å². The van der Waals surface area contributed by atoms with Gasteiger partial charge in [0, 0.05) is 19.4 Å². The van der Waals surface area contributed by atoms with Crippen molar-refractivity contribution in [2.24, 2.45) is 5.73 Å². The van der Waals surface area contributed by atoms with Crippen molar-refractivity contribution in [3.8, 4) is 0 Å². The predicted molar refractivity (Wildman–Crippen MR) is 339 cm³/mol. The molecule has 0 fully saturated rings. The minimum absolute atomic E-state index is 0.0487. The summed E-state index contributed by atoms with van der Waals surface area (Å²) in [6.45, 7) is 3.61. The molecule has 0 aromatic rings. The van der Waals surface area contributed by atoms with Crippen molar-refractivity contribution in [2.75, 3.05) is 26.4 Å². The highest BCUT2D eigenvalue weighted by Crippen LogP contribution is 2.43. The molecule has 10 heteroatoms. The van der Waals surface area contributed by atoms with E-state index < -0.39 is 26.5 Å². The van der Waals surface area contributed by atoms with Gasteiger partial charge in [0.1, 0.15) is 6.61 Å². The number of nitrogens with two attached hydrogens (primary N) is 1. The Morgan fingerprint density at radius 2 is 0.696 bits per heavy atom. The first-order chi connectivity index (χ1) is 38.8. The molecule has 0 aliphatic heterocycles. The third kappa shape index (κ3) is 63.5. The first-order valence-corrected chi connectivity index (χ1v) is 33.5. The molecular formula is C69H118NO8P. The number of ether oxygens (including phenoxy) is 2. The first-order valence-electron chi connectivity index (χ1n) is 32.0. The number of carbonyl (C=O) groups excluding carboxylic acids is 2. The van der Waals surface area contributed by atoms with Crippen LogP contribution in [0.5, 0.6) is 0 Å². The number of carbonyl (C=O) groups is 2. The summed E-state index contributed by atoms with van der Waals surface area (Å²) in [4.78, 5) is 35.2. The molecule has 3 N–H and O–H groups in total. The average Bonchev–Trinajstić information content (AvgIpc) is 3.44. The van der Waals surface area contributed by atoms with E-state index in [9.17, 15) is 19.0 Å². The highest BCUT2D eigenvalue weighted by atomic mass is 31.2. The molecule has 0 aliphatic rings. The van der Waals surface area contributed by atoms with Crippen molar-refractivity contribution >= 4 is 19.8 Å². The maximum absolute atomic E-state index is 12.7. The predicted octanol–water partition coefficient (Wildman–Crippen LogP) is 20.7. The van der Waals surface area contributed by atoms with Gasteiger partial charge in [0.15, 0.2) is 6.10 Å². The topological polar surface area (TPSA) is 134 Å². The van der Waals surface area contributed by atoms with Crippen molar-refractivity contribution in [1.82, 2.24) is 0 Å². The lowest BCUT2D eigenvalue weighted by Gasteiger charge is -2.19. The molecule has 0 bridgehead atoms. The number of hydrogen-bond donors (Lipinski definition) is 2. The van der Waals surface area contributed by atoms with E-state index in [2.05, 4.69) is 135 Å². The minimum atomic E-state index is -4.40. The fourth-order valence-electron chi connectivity index (χ4n) is 8.62. The second kappa shape index (κ2) is 63.6. The van der Waals surface area contributed by atoms with Crippen LogP contribution in [0.1, 0.15) is 271 Å². The number of phosphoric acid groups is 1. The molecule has 452 valence electrons. The monoisotopic (exact) mass is 1120 g/mol. The smallest absolute Gasteiger partial charge is 0.462 e. The van der Waals surface area contributed by atoms with E-state index >= 15 is 0 Å². The maximum Gasteiger partial charge on any atom is 0.472 e. The Morgan fingerprint density at radius 3 is 1.04 bits per heavy atom. The van der Waals surface area contributed by atoms with Crippen molar-refractivity contribution in [3.63, 3.8) is 0 Å². The fraction of sp³-hybridized carbons (Fsp3) is 0.681. The molecule has 0 radical (unpaired) electrons. The molecule has 0 saturated heterocycles. The largest absolute Gasteiger partial charge is 0.472 e. The number of esters is 2. The van der Waals surface area contributed by atoms with Crippen LogP contribution in [-0.4, -0.2) is 49.3 Å². The summed E-state index contributed by atoms with van der Waals surface area (Å²) < 4.78 is 33.1. The Bertz CT molecular complexity index is 1710. The van der Waals surface area contributed by atoms with E-state index in [0.717, 1.165) is 109 Å². The van der Waals surface area contributed by atoms with Crippen LogP contribution < -0.4 is 5.73 Å². The molecule has 79 heavy (non-hydrogen) atoms. The Balaban J connectivity index is 3.91. The van der Waals surface area contributed by atoms with Crippen LogP contribution in [0.3, 0.4) is 0 Å². The second-order valence-corrected chi connectivity index (χ2v) is 22.3. The molecule has 0 aromatic heterocycles. The lowest BCUT2D eigenvalue weighted by Crippen LogP contribution is -2.29. The van der Waals surface area contributed by atoms with Gasteiger partial charge in [-0.3, -0.25) is 18.6 Å². The van der Waals surface area contributed by atoms with Crippen molar-refractivity contribution < 1.29 is 37.6 Å². The van der Waals surface area contributed by atoms with Gasteiger partial charge in [-0.2, -0.15) is 0 Å². The molecular weight excluding hydrogens is 1000 g/mol. The summed E-state index contributed by atoms with van der Waals surface area (Å²) in [7, 11) is -4.40. The molecule has 0 spiro atoms. The van der Waals surface area contributed by atoms with Crippen molar-refractivity contribution in [3.05, 3.63) is 122 Å². The molecule has 0 aromatic carbocycles. The van der Waals surface area contributed by atoms with Crippen molar-refractivity contribution in [2.45, 2.75) is 277 Å². The molecule has 0 heterocycles. The van der Waals surface area contributed by atoms with Gasteiger partial charge in [-0.15, -0.1) is 0 Å². The van der Waals surface area contributed by atoms with E-state index in [4.69, 9.17) is 24.3 Å². The number of allylic oxidation sites excluding steroid dienone is 20. The van der Waals surface area contributed by atoms with E-state index in [1.165, 1.54) is 128 Å². The normalized spacial score (nSPS) is 13.8. The minimum Gasteiger partial charge on any atom is -0.462 e. The zero-order valence-corrected chi connectivity index (χ0v) is 51.5. The molecule has 0 aliphatic carbocycles. The van der Waals surface area contributed by atoms with Crippen molar-refractivity contribution in [1.29, 1.82) is 0 Å². The van der Waals surface area contributed by atoms with E-state index in [1.807, 2.05) is 0 Å². The lowest BCUT2D eigenvalue weighted by atomic mass is 10.0. The molecule has 9 nitrogen and oxygen atoms in total. The zero-order chi connectivity index (χ0) is 57.3. The third-order valence-corrected chi connectivity index (χ3v) is 14.3. The van der Waals surface area contributed by atoms with Gasteiger partial charge in [-0.05, 0) is 109 Å².